The molecular formula is C8H18N2O2S. The second-order valence-corrected chi connectivity index (χ2v) is 5.82. The molecule has 0 saturated heterocycles. The van der Waals surface area contributed by atoms with Crippen LogP contribution in [0.25, 0.3) is 0 Å². The van der Waals surface area contributed by atoms with Crippen LogP contribution in [0.1, 0.15) is 32.6 Å². The number of nitrogens with one attached hydrogen (secondary N) is 1. The maximum atomic E-state index is 11.5. The Labute approximate surface area is 79.9 Å². The maximum Gasteiger partial charge on any atom is 0.215 e. The van der Waals surface area contributed by atoms with Gasteiger partial charge in [-0.05, 0) is 19.8 Å². The van der Waals surface area contributed by atoms with Gasteiger partial charge in [-0.15, -0.1) is 0 Å². The first kappa shape index (κ1) is 10.9. The quantitative estimate of drug-likeness (QED) is 0.690. The highest BCUT2D eigenvalue weighted by Crippen LogP contribution is 2.18. The first-order valence-corrected chi connectivity index (χ1v) is 6.32. The summed E-state index contributed by atoms with van der Waals surface area (Å²) < 4.78 is 25.8. The van der Waals surface area contributed by atoms with Crippen LogP contribution in [0.5, 0.6) is 0 Å². The molecule has 13 heavy (non-hydrogen) atoms. The SMILES string of the molecule is CC(CN)S(=O)(=O)NC1CCCC1. The molecular weight excluding hydrogens is 188 g/mol. The van der Waals surface area contributed by atoms with Gasteiger partial charge in [0, 0.05) is 12.6 Å². The van der Waals surface area contributed by atoms with Gasteiger partial charge in [-0.25, -0.2) is 13.1 Å². The number of sulfonamides is 1. The molecule has 0 aromatic carbocycles. The number of hydrogen-bond acceptors (Lipinski definition) is 3. The van der Waals surface area contributed by atoms with Gasteiger partial charge in [-0.3, -0.25) is 0 Å². The molecule has 0 radical (unpaired) electrons. The van der Waals surface area contributed by atoms with E-state index >= 15 is 0 Å². The fourth-order valence-corrected chi connectivity index (χ4v) is 2.70. The molecule has 78 valence electrons. The van der Waals surface area contributed by atoms with E-state index in [9.17, 15) is 8.42 Å². The zero-order valence-electron chi connectivity index (χ0n) is 7.99. The Morgan fingerprint density at radius 3 is 2.46 bits per heavy atom. The van der Waals surface area contributed by atoms with Gasteiger partial charge >= 0.3 is 0 Å². The van der Waals surface area contributed by atoms with Crippen molar-refractivity contribution in [1.82, 2.24) is 4.72 Å². The summed E-state index contributed by atoms with van der Waals surface area (Å²) in [4.78, 5) is 0. The largest absolute Gasteiger partial charge is 0.329 e. The van der Waals surface area contributed by atoms with Crippen LogP contribution in [0, 0.1) is 0 Å². The van der Waals surface area contributed by atoms with Crippen molar-refractivity contribution in [1.29, 1.82) is 0 Å². The van der Waals surface area contributed by atoms with Gasteiger partial charge in [0.25, 0.3) is 0 Å². The van der Waals surface area contributed by atoms with Gasteiger partial charge in [-0.2, -0.15) is 0 Å². The van der Waals surface area contributed by atoms with Crippen LogP contribution >= 0.6 is 0 Å². The zero-order chi connectivity index (χ0) is 9.90. The van der Waals surface area contributed by atoms with Gasteiger partial charge in [0.05, 0.1) is 5.25 Å². The minimum absolute atomic E-state index is 0.152. The lowest BCUT2D eigenvalue weighted by molar-refractivity contribution is 0.541. The Morgan fingerprint density at radius 2 is 2.00 bits per heavy atom. The molecule has 1 rings (SSSR count). The summed E-state index contributed by atoms with van der Waals surface area (Å²) in [5.74, 6) is 0. The summed E-state index contributed by atoms with van der Waals surface area (Å²) in [5.41, 5.74) is 5.31. The average Bonchev–Trinajstić information content (AvgIpc) is 2.54. The van der Waals surface area contributed by atoms with Crippen molar-refractivity contribution in [3.8, 4) is 0 Å². The van der Waals surface area contributed by atoms with Gasteiger partial charge in [0.2, 0.25) is 10.0 Å². The fraction of sp³-hybridized carbons (Fsp3) is 1.00. The molecule has 0 bridgehead atoms. The van der Waals surface area contributed by atoms with Crippen LogP contribution in [0.2, 0.25) is 0 Å². The first-order valence-electron chi connectivity index (χ1n) is 4.77. The lowest BCUT2D eigenvalue weighted by Crippen LogP contribution is -2.41. The Kier molecular flexibility index (Phi) is 3.70. The number of nitrogens with two attached hydrogens (primary N) is 1. The summed E-state index contributed by atoms with van der Waals surface area (Å²) in [7, 11) is -3.17. The normalized spacial score (nSPS) is 22.0. The van der Waals surface area contributed by atoms with E-state index in [4.69, 9.17) is 5.73 Å². The highest BCUT2D eigenvalue weighted by molar-refractivity contribution is 7.90. The van der Waals surface area contributed by atoms with Crippen LogP contribution in [0.4, 0.5) is 0 Å². The Bertz CT molecular complexity index is 245. The van der Waals surface area contributed by atoms with E-state index in [0.717, 1.165) is 25.7 Å². The van der Waals surface area contributed by atoms with Crippen LogP contribution in [-0.2, 0) is 10.0 Å². The fourth-order valence-electron chi connectivity index (χ4n) is 1.52. The molecule has 1 atom stereocenters. The molecule has 0 aromatic heterocycles. The van der Waals surface area contributed by atoms with Crippen LogP contribution in [-0.4, -0.2) is 26.3 Å². The Hall–Kier alpha value is -0.130. The monoisotopic (exact) mass is 206 g/mol. The van der Waals surface area contributed by atoms with E-state index in [1.165, 1.54) is 0 Å². The lowest BCUT2D eigenvalue weighted by Gasteiger charge is -2.16. The highest BCUT2D eigenvalue weighted by Gasteiger charge is 2.25. The van der Waals surface area contributed by atoms with Crippen molar-refractivity contribution in [2.24, 2.45) is 5.73 Å². The maximum absolute atomic E-state index is 11.5. The molecule has 0 amide bonds. The van der Waals surface area contributed by atoms with Crippen molar-refractivity contribution in [3.05, 3.63) is 0 Å². The predicted octanol–water partition coefficient (Wildman–Crippen LogP) is 0.196. The average molecular weight is 206 g/mol. The van der Waals surface area contributed by atoms with Gasteiger partial charge in [0.1, 0.15) is 0 Å². The molecule has 0 aromatic rings. The van der Waals surface area contributed by atoms with Gasteiger partial charge in [0.15, 0.2) is 0 Å². The smallest absolute Gasteiger partial charge is 0.215 e. The van der Waals surface area contributed by atoms with Crippen LogP contribution in [0.3, 0.4) is 0 Å². The molecule has 1 saturated carbocycles. The minimum Gasteiger partial charge on any atom is -0.329 e. The third-order valence-electron chi connectivity index (χ3n) is 2.55. The molecule has 0 aliphatic heterocycles. The van der Waals surface area contributed by atoms with Gasteiger partial charge < -0.3 is 5.73 Å². The standard InChI is InChI=1S/C8H18N2O2S/c1-7(6-9)13(11,12)10-8-4-2-3-5-8/h7-8,10H,2-6,9H2,1H3. The molecule has 1 aliphatic rings. The summed E-state index contributed by atoms with van der Waals surface area (Å²) in [6.45, 7) is 1.82. The second-order valence-electron chi connectivity index (χ2n) is 3.69. The first-order chi connectivity index (χ1) is 6.06. The molecule has 0 heterocycles. The van der Waals surface area contributed by atoms with E-state index < -0.39 is 15.3 Å². The molecule has 3 N–H and O–H groups in total. The zero-order valence-corrected chi connectivity index (χ0v) is 8.81. The summed E-state index contributed by atoms with van der Waals surface area (Å²) in [6.07, 6.45) is 4.20. The van der Waals surface area contributed by atoms with Crippen molar-refractivity contribution < 1.29 is 8.42 Å². The third-order valence-corrected chi connectivity index (χ3v) is 4.46. The molecule has 4 nitrogen and oxygen atoms in total. The summed E-state index contributed by atoms with van der Waals surface area (Å²) >= 11 is 0. The van der Waals surface area contributed by atoms with Crippen LogP contribution in [0.15, 0.2) is 0 Å². The number of hydrogen-bond donors (Lipinski definition) is 2. The lowest BCUT2D eigenvalue weighted by atomic mass is 10.3. The molecule has 5 heteroatoms. The highest BCUT2D eigenvalue weighted by atomic mass is 32.2. The summed E-state index contributed by atoms with van der Waals surface area (Å²) in [5, 5.41) is -0.479. The topological polar surface area (TPSA) is 72.2 Å². The van der Waals surface area contributed by atoms with E-state index in [2.05, 4.69) is 4.72 Å². The molecule has 0 spiro atoms. The van der Waals surface area contributed by atoms with E-state index in [0.29, 0.717) is 0 Å². The van der Waals surface area contributed by atoms with Crippen LogP contribution < -0.4 is 10.5 Å². The van der Waals surface area contributed by atoms with Gasteiger partial charge in [-0.1, -0.05) is 12.8 Å². The minimum atomic E-state index is -3.17. The Balaban J connectivity index is 2.50. The van der Waals surface area contributed by atoms with E-state index in [1.54, 1.807) is 6.92 Å². The third kappa shape index (κ3) is 2.93. The molecule has 1 unspecified atom stereocenters. The van der Waals surface area contributed by atoms with E-state index in [-0.39, 0.29) is 12.6 Å². The van der Waals surface area contributed by atoms with Crippen molar-refractivity contribution in [2.45, 2.75) is 43.9 Å². The number of rotatable bonds is 4. The van der Waals surface area contributed by atoms with Crippen molar-refractivity contribution in [2.75, 3.05) is 6.54 Å². The van der Waals surface area contributed by atoms with Crippen molar-refractivity contribution in [3.63, 3.8) is 0 Å². The Morgan fingerprint density at radius 1 is 1.46 bits per heavy atom. The second kappa shape index (κ2) is 4.39. The van der Waals surface area contributed by atoms with E-state index in [1.807, 2.05) is 0 Å². The summed E-state index contributed by atoms with van der Waals surface area (Å²) in [6, 6.07) is 0.152. The van der Waals surface area contributed by atoms with Crippen molar-refractivity contribution >= 4 is 10.0 Å². The molecule has 1 fully saturated rings. The molecule has 1 aliphatic carbocycles. The predicted molar refractivity (Wildman–Crippen MR) is 52.8 cm³/mol.